The minimum atomic E-state index is -0.733. The number of hydrogen-bond acceptors (Lipinski definition) is 3. The van der Waals surface area contributed by atoms with Crippen LogP contribution in [0.2, 0.25) is 0 Å². The van der Waals surface area contributed by atoms with Crippen LogP contribution in [0.3, 0.4) is 0 Å². The van der Waals surface area contributed by atoms with Gasteiger partial charge in [0.25, 0.3) is 0 Å². The fourth-order valence-corrected chi connectivity index (χ4v) is 2.59. The molecule has 15 heavy (non-hydrogen) atoms. The monoisotopic (exact) mass is 213 g/mol. The van der Waals surface area contributed by atoms with E-state index >= 15 is 0 Å². The maximum atomic E-state index is 10.9. The highest BCUT2D eigenvalue weighted by Gasteiger charge is 2.42. The Kier molecular flexibility index (Phi) is 2.98. The maximum Gasteiger partial charge on any atom is 0.320 e. The van der Waals surface area contributed by atoms with Gasteiger partial charge in [-0.1, -0.05) is 0 Å². The van der Waals surface area contributed by atoms with Crippen LogP contribution >= 0.6 is 0 Å². The molecule has 2 heterocycles. The number of carbonyl (C=O) groups is 1. The fourth-order valence-electron chi connectivity index (χ4n) is 2.59. The summed E-state index contributed by atoms with van der Waals surface area (Å²) in [5.41, 5.74) is -0.0258. The summed E-state index contributed by atoms with van der Waals surface area (Å²) in [7, 11) is 0. The molecule has 0 bridgehead atoms. The fraction of sp³-hybridized carbons (Fsp3) is 0.909. The van der Waals surface area contributed by atoms with E-state index in [-0.39, 0.29) is 11.6 Å². The van der Waals surface area contributed by atoms with Crippen molar-refractivity contribution < 1.29 is 14.6 Å². The van der Waals surface area contributed by atoms with Gasteiger partial charge < -0.3 is 9.84 Å². The molecule has 0 radical (unpaired) electrons. The first-order valence-electron chi connectivity index (χ1n) is 5.74. The number of rotatable bonds is 2. The van der Waals surface area contributed by atoms with Crippen LogP contribution in [0.15, 0.2) is 0 Å². The summed E-state index contributed by atoms with van der Waals surface area (Å²) in [5, 5.41) is 8.95. The molecule has 2 aliphatic rings. The molecule has 0 amide bonds. The van der Waals surface area contributed by atoms with Crippen molar-refractivity contribution in [1.29, 1.82) is 0 Å². The van der Waals surface area contributed by atoms with E-state index in [1.54, 1.807) is 6.92 Å². The van der Waals surface area contributed by atoms with Crippen LogP contribution < -0.4 is 0 Å². The average molecular weight is 213 g/mol. The van der Waals surface area contributed by atoms with Crippen LogP contribution in [0.1, 0.15) is 32.6 Å². The van der Waals surface area contributed by atoms with E-state index in [0.717, 1.165) is 39.0 Å². The van der Waals surface area contributed by atoms with Crippen LogP contribution in [0.25, 0.3) is 0 Å². The maximum absolute atomic E-state index is 10.9. The van der Waals surface area contributed by atoms with Crippen molar-refractivity contribution in [2.45, 2.75) is 44.2 Å². The first-order valence-corrected chi connectivity index (χ1v) is 5.74. The molecule has 2 atom stereocenters. The molecular weight excluding hydrogens is 194 g/mol. The Morgan fingerprint density at radius 2 is 2.27 bits per heavy atom. The zero-order valence-electron chi connectivity index (χ0n) is 9.24. The number of ether oxygens (including phenoxy) is 1. The topological polar surface area (TPSA) is 49.8 Å². The molecule has 0 aromatic carbocycles. The summed E-state index contributed by atoms with van der Waals surface area (Å²) in [6, 6.07) is -0.380. The zero-order chi connectivity index (χ0) is 10.9. The van der Waals surface area contributed by atoms with Crippen LogP contribution in [0.5, 0.6) is 0 Å². The van der Waals surface area contributed by atoms with Gasteiger partial charge in [0.05, 0.1) is 5.60 Å². The van der Waals surface area contributed by atoms with E-state index in [1.165, 1.54) is 6.42 Å². The van der Waals surface area contributed by atoms with E-state index in [2.05, 4.69) is 0 Å². The van der Waals surface area contributed by atoms with E-state index in [0.29, 0.717) is 0 Å². The molecule has 0 aromatic heterocycles. The Morgan fingerprint density at radius 1 is 1.47 bits per heavy atom. The van der Waals surface area contributed by atoms with Crippen molar-refractivity contribution in [1.82, 2.24) is 4.90 Å². The van der Waals surface area contributed by atoms with Gasteiger partial charge in [0.15, 0.2) is 0 Å². The molecule has 0 aliphatic carbocycles. The van der Waals surface area contributed by atoms with Gasteiger partial charge in [0.2, 0.25) is 0 Å². The van der Waals surface area contributed by atoms with Gasteiger partial charge in [-0.15, -0.1) is 0 Å². The highest BCUT2D eigenvalue weighted by atomic mass is 16.5. The Balaban J connectivity index is 1.96. The van der Waals surface area contributed by atoms with Crippen molar-refractivity contribution in [3.8, 4) is 0 Å². The number of aliphatic carboxylic acids is 1. The number of nitrogens with zero attached hydrogens (tertiary/aromatic N) is 1. The van der Waals surface area contributed by atoms with Gasteiger partial charge >= 0.3 is 5.97 Å². The van der Waals surface area contributed by atoms with Crippen LogP contribution in [0.4, 0.5) is 0 Å². The van der Waals surface area contributed by atoms with Crippen molar-refractivity contribution >= 4 is 5.97 Å². The highest BCUT2D eigenvalue weighted by Crippen LogP contribution is 2.34. The first-order chi connectivity index (χ1) is 7.13. The van der Waals surface area contributed by atoms with Gasteiger partial charge in [-0.3, -0.25) is 9.69 Å². The van der Waals surface area contributed by atoms with Gasteiger partial charge in [-0.2, -0.15) is 0 Å². The minimum Gasteiger partial charge on any atom is -0.480 e. The predicted octanol–water partition coefficient (Wildman–Crippen LogP) is 1.10. The zero-order valence-corrected chi connectivity index (χ0v) is 9.24. The molecule has 86 valence electrons. The lowest BCUT2D eigenvalue weighted by molar-refractivity contribution is -0.142. The Morgan fingerprint density at radius 3 is 2.87 bits per heavy atom. The van der Waals surface area contributed by atoms with Gasteiger partial charge in [-0.25, -0.2) is 0 Å². The van der Waals surface area contributed by atoms with Gasteiger partial charge in [0.1, 0.15) is 6.04 Å². The number of likely N-dealkylation sites (tertiary alicyclic amines) is 1. The van der Waals surface area contributed by atoms with E-state index in [9.17, 15) is 4.79 Å². The largest absolute Gasteiger partial charge is 0.480 e. The molecular formula is C11H19NO3. The third-order valence-electron chi connectivity index (χ3n) is 3.69. The molecule has 2 fully saturated rings. The van der Waals surface area contributed by atoms with Crippen molar-refractivity contribution in [3.63, 3.8) is 0 Å². The molecule has 2 aliphatic heterocycles. The SMILES string of the molecule is C[C@H](C(=O)O)N1CC[C@]2(CCCCO2)C1. The predicted molar refractivity (Wildman–Crippen MR) is 55.8 cm³/mol. The lowest BCUT2D eigenvalue weighted by Crippen LogP contribution is -2.43. The first kappa shape index (κ1) is 10.9. The summed E-state index contributed by atoms with van der Waals surface area (Å²) in [4.78, 5) is 12.9. The lowest BCUT2D eigenvalue weighted by Gasteiger charge is -2.34. The van der Waals surface area contributed by atoms with E-state index in [4.69, 9.17) is 9.84 Å². The molecule has 1 spiro atoms. The molecule has 0 saturated carbocycles. The Bertz CT molecular complexity index is 248. The van der Waals surface area contributed by atoms with Crippen LogP contribution in [-0.4, -0.2) is 47.3 Å². The van der Waals surface area contributed by atoms with Gasteiger partial charge in [0, 0.05) is 19.7 Å². The second kappa shape index (κ2) is 4.10. The molecule has 0 unspecified atom stereocenters. The van der Waals surface area contributed by atoms with Crippen molar-refractivity contribution in [2.24, 2.45) is 0 Å². The second-order valence-electron chi connectivity index (χ2n) is 4.72. The summed E-state index contributed by atoms with van der Waals surface area (Å²) in [6.07, 6.45) is 4.45. The lowest BCUT2D eigenvalue weighted by atomic mass is 9.93. The summed E-state index contributed by atoms with van der Waals surface area (Å²) in [6.45, 7) is 4.24. The Labute approximate surface area is 90.2 Å². The summed E-state index contributed by atoms with van der Waals surface area (Å²) < 4.78 is 5.85. The summed E-state index contributed by atoms with van der Waals surface area (Å²) >= 11 is 0. The van der Waals surface area contributed by atoms with Crippen molar-refractivity contribution in [2.75, 3.05) is 19.7 Å². The molecule has 1 N–H and O–H groups in total. The molecule has 2 saturated heterocycles. The number of carboxylic acid groups (broad SMARTS) is 1. The summed E-state index contributed by atoms with van der Waals surface area (Å²) in [5.74, 6) is -0.733. The standard InChI is InChI=1S/C11H19NO3/c1-9(10(13)14)12-6-5-11(8-12)4-2-3-7-15-11/h9H,2-8H2,1H3,(H,13,14)/t9-,11-/m1/s1. The average Bonchev–Trinajstić information content (AvgIpc) is 2.62. The number of hydrogen-bond donors (Lipinski definition) is 1. The normalized spacial score (nSPS) is 34.5. The molecule has 2 rings (SSSR count). The van der Waals surface area contributed by atoms with E-state index in [1.807, 2.05) is 4.90 Å². The second-order valence-corrected chi connectivity index (χ2v) is 4.72. The molecule has 4 heteroatoms. The minimum absolute atomic E-state index is 0.0258. The molecule has 4 nitrogen and oxygen atoms in total. The smallest absolute Gasteiger partial charge is 0.320 e. The Hall–Kier alpha value is -0.610. The quantitative estimate of drug-likeness (QED) is 0.746. The van der Waals surface area contributed by atoms with E-state index < -0.39 is 5.97 Å². The van der Waals surface area contributed by atoms with Crippen LogP contribution in [0, 0.1) is 0 Å². The van der Waals surface area contributed by atoms with Crippen LogP contribution in [-0.2, 0) is 9.53 Å². The van der Waals surface area contributed by atoms with Gasteiger partial charge in [-0.05, 0) is 32.6 Å². The highest BCUT2D eigenvalue weighted by molar-refractivity contribution is 5.72. The third kappa shape index (κ3) is 2.16. The molecule has 0 aromatic rings. The third-order valence-corrected chi connectivity index (χ3v) is 3.69. The van der Waals surface area contributed by atoms with Crippen molar-refractivity contribution in [3.05, 3.63) is 0 Å². The number of carboxylic acids is 1.